The van der Waals surface area contributed by atoms with Crippen LogP contribution in [0.5, 0.6) is 0 Å². The smallest absolute Gasteiger partial charge is 0.0749 e. The molecule has 2 heteroatoms. The van der Waals surface area contributed by atoms with Gasteiger partial charge in [0.1, 0.15) is 0 Å². The molecule has 2 atom stereocenters. The summed E-state index contributed by atoms with van der Waals surface area (Å²) in [6.45, 7) is 10.0. The predicted molar refractivity (Wildman–Crippen MR) is 146 cm³/mol. The molecule has 174 valence electrons. The number of hydrogen-bond donors (Lipinski definition) is 1. The number of benzene rings is 2. The Bertz CT molecular complexity index is 1060. The molecule has 3 aliphatic rings. The maximum absolute atomic E-state index is 4.86. The summed E-state index contributed by atoms with van der Waals surface area (Å²) in [6, 6.07) is 21.6. The van der Waals surface area contributed by atoms with Crippen LogP contribution in [0, 0.1) is 5.92 Å². The van der Waals surface area contributed by atoms with E-state index in [2.05, 4.69) is 91.3 Å². The van der Waals surface area contributed by atoms with Crippen LogP contribution in [0.1, 0.15) is 56.1 Å². The molecule has 2 aromatic carbocycles. The van der Waals surface area contributed by atoms with Crippen molar-refractivity contribution in [1.29, 1.82) is 0 Å². The molecule has 0 spiro atoms. The van der Waals surface area contributed by atoms with Gasteiger partial charge in [0.2, 0.25) is 0 Å². The number of piperidine rings is 1. The molecule has 0 radical (unpaired) electrons. The van der Waals surface area contributed by atoms with Gasteiger partial charge in [0.15, 0.2) is 0 Å². The van der Waals surface area contributed by atoms with Gasteiger partial charge in [-0.3, -0.25) is 4.99 Å². The molecule has 2 nitrogen and oxygen atoms in total. The van der Waals surface area contributed by atoms with Crippen molar-refractivity contribution in [1.82, 2.24) is 5.32 Å². The Morgan fingerprint density at radius 1 is 0.853 bits per heavy atom. The number of nitrogens with one attached hydrogen (secondary N) is 1. The molecule has 0 amide bonds. The van der Waals surface area contributed by atoms with Gasteiger partial charge in [-0.25, -0.2) is 0 Å². The average Bonchev–Trinajstić information content (AvgIpc) is 2.91. The zero-order chi connectivity index (χ0) is 23.4. The highest BCUT2D eigenvalue weighted by Gasteiger charge is 2.44. The van der Waals surface area contributed by atoms with E-state index in [9.17, 15) is 0 Å². The minimum Gasteiger partial charge on any atom is -0.308 e. The Morgan fingerprint density at radius 2 is 1.47 bits per heavy atom. The van der Waals surface area contributed by atoms with Crippen molar-refractivity contribution >= 4 is 17.4 Å². The van der Waals surface area contributed by atoms with E-state index in [0.29, 0.717) is 12.0 Å². The van der Waals surface area contributed by atoms with E-state index in [1.807, 2.05) is 6.21 Å². The second-order valence-corrected chi connectivity index (χ2v) is 10.1. The molecule has 2 unspecified atom stereocenters. The largest absolute Gasteiger partial charge is 0.308 e. The molecule has 0 aromatic heterocycles. The molecule has 2 aliphatic heterocycles. The van der Waals surface area contributed by atoms with Crippen LogP contribution in [0.4, 0.5) is 0 Å². The number of dihydropyridines is 1. The van der Waals surface area contributed by atoms with Crippen molar-refractivity contribution in [2.75, 3.05) is 6.54 Å². The normalized spacial score (nSPS) is 22.7. The highest BCUT2D eigenvalue weighted by Crippen LogP contribution is 2.48. The van der Waals surface area contributed by atoms with Gasteiger partial charge in [-0.15, -0.1) is 0 Å². The first-order valence-corrected chi connectivity index (χ1v) is 12.8. The summed E-state index contributed by atoms with van der Waals surface area (Å²) in [5.74, 6) is 0.653. The number of aliphatic imine (C=N–C) groups is 1. The van der Waals surface area contributed by atoms with Gasteiger partial charge >= 0.3 is 0 Å². The fourth-order valence-electron chi connectivity index (χ4n) is 6.20. The van der Waals surface area contributed by atoms with Gasteiger partial charge < -0.3 is 5.32 Å². The van der Waals surface area contributed by atoms with E-state index in [1.165, 1.54) is 47.1 Å². The first kappa shape index (κ1) is 22.8. The van der Waals surface area contributed by atoms with Crippen LogP contribution in [-0.4, -0.2) is 24.3 Å². The highest BCUT2D eigenvalue weighted by atomic mass is 15.0. The highest BCUT2D eigenvalue weighted by molar-refractivity contribution is 5.75. The summed E-state index contributed by atoms with van der Waals surface area (Å²) < 4.78 is 0. The Labute approximate surface area is 204 Å². The number of fused-ring (bicyclic) bond motifs is 2. The predicted octanol–water partition coefficient (Wildman–Crippen LogP) is 7.42. The van der Waals surface area contributed by atoms with E-state index < -0.39 is 0 Å². The quantitative estimate of drug-likeness (QED) is 0.446. The van der Waals surface area contributed by atoms with Crippen molar-refractivity contribution in [2.24, 2.45) is 10.9 Å². The Hall–Kier alpha value is -2.97. The van der Waals surface area contributed by atoms with Crippen molar-refractivity contribution in [3.05, 3.63) is 108 Å². The maximum atomic E-state index is 4.86. The Kier molecular flexibility index (Phi) is 6.78. The summed E-state index contributed by atoms with van der Waals surface area (Å²) in [6.07, 6.45) is 14.2. The molecular formula is C32H36N2. The van der Waals surface area contributed by atoms with Gasteiger partial charge in [0.05, 0.1) is 6.04 Å². The van der Waals surface area contributed by atoms with Crippen LogP contribution in [0.25, 0.3) is 11.1 Å². The molecule has 1 N–H and O–H groups in total. The minimum atomic E-state index is -0.0381. The van der Waals surface area contributed by atoms with Crippen LogP contribution >= 0.6 is 0 Å². The van der Waals surface area contributed by atoms with Crippen LogP contribution in [0.15, 0.2) is 102 Å². The van der Waals surface area contributed by atoms with E-state index in [-0.39, 0.29) is 5.54 Å². The van der Waals surface area contributed by atoms with Crippen LogP contribution < -0.4 is 5.32 Å². The number of nitrogens with zero attached hydrogens (tertiary/aromatic N) is 1. The Morgan fingerprint density at radius 3 is 2.09 bits per heavy atom. The van der Waals surface area contributed by atoms with Crippen molar-refractivity contribution in [3.63, 3.8) is 0 Å². The zero-order valence-electron chi connectivity index (χ0n) is 20.2. The third-order valence-corrected chi connectivity index (χ3v) is 8.04. The SMILES string of the molecule is C=C(CCC1(CCC(=C)c2ccccc2)NCCC2CCC3N=CC=CC3=C21)c1ccccc1. The maximum Gasteiger partial charge on any atom is 0.0749 e. The lowest BCUT2D eigenvalue weighted by Crippen LogP contribution is -2.55. The van der Waals surface area contributed by atoms with Crippen LogP contribution in [-0.2, 0) is 0 Å². The first-order chi connectivity index (χ1) is 16.7. The summed E-state index contributed by atoms with van der Waals surface area (Å²) in [7, 11) is 0. The molecular weight excluding hydrogens is 412 g/mol. The van der Waals surface area contributed by atoms with Crippen molar-refractivity contribution < 1.29 is 0 Å². The molecule has 1 saturated heterocycles. The molecule has 0 saturated carbocycles. The Balaban J connectivity index is 1.46. The topological polar surface area (TPSA) is 24.4 Å². The van der Waals surface area contributed by atoms with Gasteiger partial charge in [0.25, 0.3) is 0 Å². The summed E-state index contributed by atoms with van der Waals surface area (Å²) in [5.41, 5.74) is 8.01. The van der Waals surface area contributed by atoms with Crippen molar-refractivity contribution in [2.45, 2.75) is 56.5 Å². The second kappa shape index (κ2) is 10.1. The molecule has 1 aliphatic carbocycles. The van der Waals surface area contributed by atoms with E-state index in [1.54, 1.807) is 5.57 Å². The summed E-state index contributed by atoms with van der Waals surface area (Å²) in [4.78, 5) is 4.86. The van der Waals surface area contributed by atoms with Gasteiger partial charge in [-0.05, 0) is 96.9 Å². The van der Waals surface area contributed by atoms with Crippen LogP contribution in [0.3, 0.4) is 0 Å². The van der Waals surface area contributed by atoms with Gasteiger partial charge in [-0.2, -0.15) is 0 Å². The number of allylic oxidation sites excluding steroid dienone is 3. The molecule has 2 aromatic rings. The van der Waals surface area contributed by atoms with Gasteiger partial charge in [0, 0.05) is 11.8 Å². The fourth-order valence-corrected chi connectivity index (χ4v) is 6.20. The molecule has 0 bridgehead atoms. The van der Waals surface area contributed by atoms with Crippen molar-refractivity contribution in [3.8, 4) is 0 Å². The first-order valence-electron chi connectivity index (χ1n) is 12.8. The van der Waals surface area contributed by atoms with E-state index in [0.717, 1.165) is 32.2 Å². The monoisotopic (exact) mass is 448 g/mol. The zero-order valence-corrected chi connectivity index (χ0v) is 20.2. The van der Waals surface area contributed by atoms with Gasteiger partial charge in [-0.1, -0.05) is 79.9 Å². The van der Waals surface area contributed by atoms with Crippen LogP contribution in [0.2, 0.25) is 0 Å². The third kappa shape index (κ3) is 4.65. The van der Waals surface area contributed by atoms with E-state index >= 15 is 0 Å². The number of hydrogen-bond acceptors (Lipinski definition) is 2. The third-order valence-electron chi connectivity index (χ3n) is 8.04. The average molecular weight is 449 g/mol. The standard InChI is InChI=1S/C32H36N2/c1-24(26-10-5-3-6-11-26)17-20-32(21-18-25(2)27-12-7-4-8-13-27)31-28(19-23-34-32)15-16-30-29(31)14-9-22-33-30/h3-14,22,28,30,34H,1-2,15-21,23H2. The lowest BCUT2D eigenvalue weighted by Gasteiger charge is -2.49. The molecule has 5 rings (SSSR count). The molecule has 1 fully saturated rings. The molecule has 34 heavy (non-hydrogen) atoms. The lowest BCUT2D eigenvalue weighted by molar-refractivity contribution is 0.235. The summed E-state index contributed by atoms with van der Waals surface area (Å²) >= 11 is 0. The fraction of sp³-hybridized carbons (Fsp3) is 0.344. The van der Waals surface area contributed by atoms with E-state index in [4.69, 9.17) is 4.99 Å². The number of rotatable bonds is 8. The minimum absolute atomic E-state index is 0.0381. The lowest BCUT2D eigenvalue weighted by atomic mass is 9.64. The second-order valence-electron chi connectivity index (χ2n) is 10.1. The summed E-state index contributed by atoms with van der Waals surface area (Å²) in [5, 5.41) is 4.05. The molecule has 2 heterocycles.